The van der Waals surface area contributed by atoms with E-state index in [1.54, 1.807) is 12.2 Å². The Morgan fingerprint density at radius 1 is 1.17 bits per heavy atom. The van der Waals surface area contributed by atoms with Crippen LogP contribution in [0.2, 0.25) is 0 Å². The topological polar surface area (TPSA) is 34.1 Å². The number of allylic oxidation sites excluding steroid dienone is 4. The smallest absolute Gasteiger partial charge is 0.178 e. The molecule has 0 unspecified atom stereocenters. The minimum Gasteiger partial charge on any atom is -0.299 e. The number of carbonyl (C=O) groups excluding carboxylic acids is 2. The van der Waals surface area contributed by atoms with E-state index in [0.29, 0.717) is 23.5 Å². The first kappa shape index (κ1) is 15.4. The van der Waals surface area contributed by atoms with Crippen LogP contribution in [-0.4, -0.2) is 11.6 Å². The third-order valence-electron chi connectivity index (χ3n) is 7.94. The number of carbonyl (C=O) groups is 2. The molecule has 4 aliphatic rings. The molecule has 6 atom stereocenters. The van der Waals surface area contributed by atoms with Gasteiger partial charge in [0.2, 0.25) is 0 Å². The fraction of sp³-hybridized carbons (Fsp3) is 0.714. The largest absolute Gasteiger partial charge is 0.299 e. The first-order valence-electron chi connectivity index (χ1n) is 9.37. The highest BCUT2D eigenvalue weighted by Gasteiger charge is 2.61. The van der Waals surface area contributed by atoms with Gasteiger partial charge in [-0.25, -0.2) is 0 Å². The van der Waals surface area contributed by atoms with E-state index in [1.165, 1.54) is 24.8 Å². The number of ketones is 2. The van der Waals surface area contributed by atoms with Crippen LogP contribution in [0.3, 0.4) is 0 Å². The van der Waals surface area contributed by atoms with E-state index in [-0.39, 0.29) is 22.5 Å². The van der Waals surface area contributed by atoms with Gasteiger partial charge in [-0.3, -0.25) is 9.59 Å². The van der Waals surface area contributed by atoms with Crippen molar-refractivity contribution in [1.29, 1.82) is 0 Å². The Balaban J connectivity index is 1.75. The van der Waals surface area contributed by atoms with E-state index < -0.39 is 0 Å². The first-order valence-corrected chi connectivity index (χ1v) is 9.37. The molecule has 0 spiro atoms. The maximum absolute atomic E-state index is 13.2. The molecule has 4 aliphatic carbocycles. The molecule has 0 radical (unpaired) electrons. The Kier molecular flexibility index (Phi) is 3.28. The molecule has 2 heteroatoms. The summed E-state index contributed by atoms with van der Waals surface area (Å²) in [5, 5.41) is 0. The van der Waals surface area contributed by atoms with E-state index in [2.05, 4.69) is 20.8 Å². The molecule has 0 aromatic heterocycles. The van der Waals surface area contributed by atoms with Gasteiger partial charge >= 0.3 is 0 Å². The van der Waals surface area contributed by atoms with E-state index >= 15 is 0 Å². The van der Waals surface area contributed by atoms with Gasteiger partial charge < -0.3 is 0 Å². The first-order chi connectivity index (χ1) is 10.9. The van der Waals surface area contributed by atoms with Gasteiger partial charge in [-0.15, -0.1) is 0 Å². The Morgan fingerprint density at radius 2 is 1.96 bits per heavy atom. The monoisotopic (exact) mass is 312 g/mol. The normalized spacial score (nSPS) is 48.6. The van der Waals surface area contributed by atoms with Gasteiger partial charge in [0.1, 0.15) is 5.78 Å². The third-order valence-corrected chi connectivity index (χ3v) is 7.94. The van der Waals surface area contributed by atoms with E-state index in [1.807, 2.05) is 6.08 Å². The highest BCUT2D eigenvalue weighted by molar-refractivity contribution is 6.01. The number of Topliss-reactive ketones (excluding diaryl/α,β-unsaturated/α-hetero) is 1. The standard InChI is InChI=1S/C21H28O2/c1-4-13-6-8-17-16-7-5-14-11-15(22)9-10-20(14,2)19(16)18(23)12-21(13,17)3/h9-11,13,16-17,19H,4-8,12H2,1-3H3/t13-,16-,17-,19+,20-,21+/m0/s1. The molecular formula is C21H28O2. The summed E-state index contributed by atoms with van der Waals surface area (Å²) < 4.78 is 0. The average Bonchev–Trinajstić information content (AvgIpc) is 2.83. The fourth-order valence-electron chi connectivity index (χ4n) is 6.80. The van der Waals surface area contributed by atoms with Gasteiger partial charge in [0.15, 0.2) is 5.78 Å². The van der Waals surface area contributed by atoms with Crippen molar-refractivity contribution in [2.75, 3.05) is 0 Å². The molecular weight excluding hydrogens is 284 g/mol. The van der Waals surface area contributed by atoms with Crippen molar-refractivity contribution in [3.05, 3.63) is 23.8 Å². The number of fused-ring (bicyclic) bond motifs is 5. The fourth-order valence-corrected chi connectivity index (χ4v) is 6.80. The highest BCUT2D eigenvalue weighted by Crippen LogP contribution is 2.65. The van der Waals surface area contributed by atoms with Crippen molar-refractivity contribution >= 4 is 11.6 Å². The van der Waals surface area contributed by atoms with Gasteiger partial charge in [0.05, 0.1) is 0 Å². The Labute approximate surface area is 139 Å². The number of hydrogen-bond acceptors (Lipinski definition) is 2. The predicted molar refractivity (Wildman–Crippen MR) is 90.8 cm³/mol. The summed E-state index contributed by atoms with van der Waals surface area (Å²) in [7, 11) is 0. The summed E-state index contributed by atoms with van der Waals surface area (Å²) in [5.41, 5.74) is 1.21. The van der Waals surface area contributed by atoms with Crippen molar-refractivity contribution in [2.45, 2.75) is 59.3 Å². The molecule has 0 heterocycles. The molecule has 0 aliphatic heterocycles. The average molecular weight is 312 g/mol. The van der Waals surface area contributed by atoms with Gasteiger partial charge in [0.25, 0.3) is 0 Å². The molecule has 3 saturated carbocycles. The van der Waals surface area contributed by atoms with Crippen LogP contribution in [0.4, 0.5) is 0 Å². The zero-order valence-corrected chi connectivity index (χ0v) is 14.6. The van der Waals surface area contributed by atoms with E-state index in [4.69, 9.17) is 0 Å². The molecule has 0 saturated heterocycles. The molecule has 2 nitrogen and oxygen atoms in total. The molecule has 0 N–H and O–H groups in total. The van der Waals surface area contributed by atoms with Crippen molar-refractivity contribution in [2.24, 2.45) is 34.5 Å². The lowest BCUT2D eigenvalue weighted by atomic mass is 9.47. The number of rotatable bonds is 1. The summed E-state index contributed by atoms with van der Waals surface area (Å²) in [6.45, 7) is 6.87. The summed E-state index contributed by atoms with van der Waals surface area (Å²) in [6.07, 6.45) is 12.2. The van der Waals surface area contributed by atoms with E-state index in [9.17, 15) is 9.59 Å². The van der Waals surface area contributed by atoms with Crippen LogP contribution in [-0.2, 0) is 9.59 Å². The highest BCUT2D eigenvalue weighted by atomic mass is 16.1. The van der Waals surface area contributed by atoms with Crippen LogP contribution in [0, 0.1) is 34.5 Å². The molecule has 0 bridgehead atoms. The second kappa shape index (κ2) is 4.91. The third kappa shape index (κ3) is 1.93. The Morgan fingerprint density at radius 3 is 2.70 bits per heavy atom. The van der Waals surface area contributed by atoms with Gasteiger partial charge in [-0.05, 0) is 61.0 Å². The summed E-state index contributed by atoms with van der Waals surface area (Å²) in [6, 6.07) is 0. The SMILES string of the molecule is CC[C@H]1CC[C@H]2[C@@H]3CCC4=CC(=O)C=C[C@]4(C)[C@H]3C(=O)C[C@]12C. The van der Waals surface area contributed by atoms with Crippen LogP contribution in [0.25, 0.3) is 0 Å². The lowest BCUT2D eigenvalue weighted by molar-refractivity contribution is -0.142. The van der Waals surface area contributed by atoms with Gasteiger partial charge in [-0.1, -0.05) is 38.8 Å². The van der Waals surface area contributed by atoms with Crippen LogP contribution < -0.4 is 0 Å². The molecule has 23 heavy (non-hydrogen) atoms. The molecule has 0 aromatic rings. The Bertz CT molecular complexity index is 628. The number of hydrogen-bond donors (Lipinski definition) is 0. The van der Waals surface area contributed by atoms with Crippen LogP contribution in [0.15, 0.2) is 23.8 Å². The van der Waals surface area contributed by atoms with Gasteiger partial charge in [-0.2, -0.15) is 0 Å². The van der Waals surface area contributed by atoms with E-state index in [0.717, 1.165) is 19.3 Å². The Hall–Kier alpha value is -1.18. The van der Waals surface area contributed by atoms with Crippen LogP contribution in [0.1, 0.15) is 59.3 Å². The maximum Gasteiger partial charge on any atom is 0.178 e. The van der Waals surface area contributed by atoms with Crippen molar-refractivity contribution in [3.8, 4) is 0 Å². The summed E-state index contributed by atoms with van der Waals surface area (Å²) >= 11 is 0. The lowest BCUT2D eigenvalue weighted by Gasteiger charge is -2.56. The minimum absolute atomic E-state index is 0.0935. The van der Waals surface area contributed by atoms with Crippen molar-refractivity contribution in [3.63, 3.8) is 0 Å². The predicted octanol–water partition coefficient (Wildman–Crippen LogP) is 4.50. The zero-order valence-electron chi connectivity index (χ0n) is 14.6. The molecule has 4 rings (SSSR count). The molecule has 0 amide bonds. The molecule has 0 aromatic carbocycles. The van der Waals surface area contributed by atoms with Gasteiger partial charge in [0, 0.05) is 17.8 Å². The molecule has 3 fully saturated rings. The summed E-state index contributed by atoms with van der Waals surface area (Å²) in [5.74, 6) is 2.57. The molecule has 124 valence electrons. The summed E-state index contributed by atoms with van der Waals surface area (Å²) in [4.78, 5) is 25.0. The van der Waals surface area contributed by atoms with Crippen LogP contribution >= 0.6 is 0 Å². The van der Waals surface area contributed by atoms with Crippen molar-refractivity contribution in [1.82, 2.24) is 0 Å². The lowest BCUT2D eigenvalue weighted by Crippen LogP contribution is -2.54. The zero-order chi connectivity index (χ0) is 16.4. The second-order valence-corrected chi connectivity index (χ2v) is 8.81. The maximum atomic E-state index is 13.2. The van der Waals surface area contributed by atoms with Crippen molar-refractivity contribution < 1.29 is 9.59 Å². The quantitative estimate of drug-likeness (QED) is 0.714. The van der Waals surface area contributed by atoms with Crippen LogP contribution in [0.5, 0.6) is 0 Å². The second-order valence-electron chi connectivity index (χ2n) is 8.81. The minimum atomic E-state index is -0.209.